The van der Waals surface area contributed by atoms with Gasteiger partial charge in [0.2, 0.25) is 11.8 Å². The molecule has 8 heteroatoms. The highest BCUT2D eigenvalue weighted by Gasteiger charge is 2.55. The maximum Gasteiger partial charge on any atom is 0.327 e. The summed E-state index contributed by atoms with van der Waals surface area (Å²) in [7, 11) is 1.64. The van der Waals surface area contributed by atoms with Crippen LogP contribution in [0.15, 0.2) is 24.3 Å². The van der Waals surface area contributed by atoms with Crippen molar-refractivity contribution in [3.8, 4) is 0 Å². The maximum atomic E-state index is 12.9. The molecule has 2 fully saturated rings. The van der Waals surface area contributed by atoms with Crippen molar-refractivity contribution in [2.24, 2.45) is 0 Å². The van der Waals surface area contributed by atoms with Gasteiger partial charge in [0.15, 0.2) is 0 Å². The fourth-order valence-corrected chi connectivity index (χ4v) is 3.86. The van der Waals surface area contributed by atoms with Gasteiger partial charge in [0, 0.05) is 25.3 Å². The van der Waals surface area contributed by atoms with E-state index in [2.05, 4.69) is 10.6 Å². The van der Waals surface area contributed by atoms with E-state index in [1.807, 2.05) is 0 Å². The van der Waals surface area contributed by atoms with E-state index in [0.29, 0.717) is 24.2 Å². The normalized spacial score (nSPS) is 18.7. The number of carbonyl (C=O) groups excluding carboxylic acids is 4. The number of nitrogens with one attached hydrogen (secondary N) is 2. The average Bonchev–Trinajstić information content (AvgIpc) is 2.80. The largest absolute Gasteiger partial charge is 0.327 e. The second-order valence-electron chi connectivity index (χ2n) is 7.13. The van der Waals surface area contributed by atoms with Crippen molar-refractivity contribution < 1.29 is 19.2 Å². The molecule has 144 valence electrons. The number of rotatable bonds is 4. The number of carbonyl (C=O) groups is 4. The summed E-state index contributed by atoms with van der Waals surface area (Å²) in [5.41, 5.74) is 0.357. The first-order valence-electron chi connectivity index (χ1n) is 9.11. The number of hydrogen-bond acceptors (Lipinski definition) is 4. The van der Waals surface area contributed by atoms with Gasteiger partial charge in [0.1, 0.15) is 12.1 Å². The number of hydrogen-bond donors (Lipinski definition) is 2. The smallest absolute Gasteiger partial charge is 0.326 e. The summed E-state index contributed by atoms with van der Waals surface area (Å²) < 4.78 is 0. The first kappa shape index (κ1) is 18.9. The van der Waals surface area contributed by atoms with Crippen LogP contribution in [0.25, 0.3) is 0 Å². The van der Waals surface area contributed by atoms with Gasteiger partial charge in [-0.3, -0.25) is 19.3 Å². The van der Waals surface area contributed by atoms with Gasteiger partial charge in [-0.25, -0.2) is 4.79 Å². The Balaban J connectivity index is 1.64. The lowest BCUT2D eigenvalue weighted by atomic mass is 9.81. The van der Waals surface area contributed by atoms with E-state index >= 15 is 0 Å². The van der Waals surface area contributed by atoms with Crippen LogP contribution in [0, 0.1) is 0 Å². The van der Waals surface area contributed by atoms with Crippen LogP contribution >= 0.6 is 0 Å². The van der Waals surface area contributed by atoms with Crippen molar-refractivity contribution >= 4 is 35.1 Å². The molecular weight excluding hydrogens is 348 g/mol. The first-order valence-corrected chi connectivity index (χ1v) is 9.11. The Morgan fingerprint density at radius 3 is 2.11 bits per heavy atom. The Bertz CT molecular complexity index is 768. The summed E-state index contributed by atoms with van der Waals surface area (Å²) in [6, 6.07) is 6.19. The third-order valence-corrected chi connectivity index (χ3v) is 5.27. The van der Waals surface area contributed by atoms with E-state index in [-0.39, 0.29) is 18.4 Å². The Kier molecular flexibility index (Phi) is 5.16. The maximum absolute atomic E-state index is 12.9. The van der Waals surface area contributed by atoms with E-state index in [9.17, 15) is 19.2 Å². The van der Waals surface area contributed by atoms with Gasteiger partial charge < -0.3 is 15.5 Å². The molecule has 1 heterocycles. The van der Waals surface area contributed by atoms with Crippen LogP contribution in [0.4, 0.5) is 16.2 Å². The van der Waals surface area contributed by atoms with E-state index < -0.39 is 17.5 Å². The lowest BCUT2D eigenvalue weighted by Crippen LogP contribution is -2.49. The summed E-state index contributed by atoms with van der Waals surface area (Å²) in [4.78, 5) is 51.4. The Labute approximate surface area is 157 Å². The zero-order valence-corrected chi connectivity index (χ0v) is 15.6. The molecule has 2 aliphatic rings. The molecule has 0 atom stereocenters. The van der Waals surface area contributed by atoms with Gasteiger partial charge in [-0.05, 0) is 37.1 Å². The topological polar surface area (TPSA) is 98.8 Å². The molecule has 1 aliphatic carbocycles. The summed E-state index contributed by atoms with van der Waals surface area (Å²) in [6.45, 7) is 1.10. The molecule has 0 unspecified atom stereocenters. The molecule has 5 amide bonds. The number of anilines is 2. The van der Waals surface area contributed by atoms with Gasteiger partial charge in [0.05, 0.1) is 0 Å². The molecular formula is C19H24N4O4. The van der Waals surface area contributed by atoms with Crippen LogP contribution in [0.5, 0.6) is 0 Å². The van der Waals surface area contributed by atoms with Crippen LogP contribution in [0.2, 0.25) is 0 Å². The predicted molar refractivity (Wildman–Crippen MR) is 100 cm³/mol. The van der Waals surface area contributed by atoms with E-state index in [1.165, 1.54) is 11.8 Å². The molecule has 0 radical (unpaired) electrons. The molecule has 1 saturated carbocycles. The fraction of sp³-hybridized carbons (Fsp3) is 0.474. The van der Waals surface area contributed by atoms with Crippen LogP contribution in [-0.2, 0) is 14.4 Å². The minimum absolute atomic E-state index is 0.182. The van der Waals surface area contributed by atoms with Crippen LogP contribution < -0.4 is 10.6 Å². The summed E-state index contributed by atoms with van der Waals surface area (Å²) >= 11 is 0. The fourth-order valence-electron chi connectivity index (χ4n) is 3.86. The molecule has 1 aromatic carbocycles. The standard InChI is InChI=1S/C19H24N4O4/c1-13(24)20-14-6-8-15(9-7-14)21-16(25)12-23-17(26)19(22(2)18(23)27)10-4-3-5-11-19/h6-9H,3-5,10-12H2,1-2H3,(H,20,24)(H,21,25). The molecule has 8 nitrogen and oxygen atoms in total. The molecule has 0 bridgehead atoms. The third-order valence-electron chi connectivity index (χ3n) is 5.27. The molecule has 0 aromatic heterocycles. The minimum Gasteiger partial charge on any atom is -0.326 e. The Morgan fingerprint density at radius 1 is 1.00 bits per heavy atom. The lowest BCUT2D eigenvalue weighted by molar-refractivity contribution is -0.136. The second-order valence-corrected chi connectivity index (χ2v) is 7.13. The highest BCUT2D eigenvalue weighted by molar-refractivity contribution is 6.10. The monoisotopic (exact) mass is 372 g/mol. The van der Waals surface area contributed by atoms with Crippen LogP contribution in [-0.4, -0.2) is 52.7 Å². The third kappa shape index (κ3) is 3.65. The van der Waals surface area contributed by atoms with Crippen molar-refractivity contribution in [1.29, 1.82) is 0 Å². The van der Waals surface area contributed by atoms with Crippen LogP contribution in [0.1, 0.15) is 39.0 Å². The minimum atomic E-state index is -0.782. The molecule has 27 heavy (non-hydrogen) atoms. The zero-order chi connectivity index (χ0) is 19.6. The lowest BCUT2D eigenvalue weighted by Gasteiger charge is -2.35. The van der Waals surface area contributed by atoms with E-state index in [0.717, 1.165) is 24.2 Å². The van der Waals surface area contributed by atoms with Crippen molar-refractivity contribution in [3.05, 3.63) is 24.3 Å². The Morgan fingerprint density at radius 2 is 1.56 bits per heavy atom. The highest BCUT2D eigenvalue weighted by Crippen LogP contribution is 2.39. The van der Waals surface area contributed by atoms with Gasteiger partial charge in [0.25, 0.3) is 5.91 Å². The average molecular weight is 372 g/mol. The van der Waals surface area contributed by atoms with Crippen molar-refractivity contribution in [2.75, 3.05) is 24.2 Å². The van der Waals surface area contributed by atoms with E-state index in [4.69, 9.17) is 0 Å². The highest BCUT2D eigenvalue weighted by atomic mass is 16.2. The summed E-state index contributed by atoms with van der Waals surface area (Å²) in [5.74, 6) is -0.894. The molecule has 1 aliphatic heterocycles. The number of urea groups is 1. The second kappa shape index (κ2) is 7.38. The number of nitrogens with zero attached hydrogens (tertiary/aromatic N) is 2. The quantitative estimate of drug-likeness (QED) is 0.792. The van der Waals surface area contributed by atoms with Gasteiger partial charge >= 0.3 is 6.03 Å². The molecule has 2 N–H and O–H groups in total. The number of benzene rings is 1. The summed E-state index contributed by atoms with van der Waals surface area (Å²) in [5, 5.41) is 5.32. The zero-order valence-electron chi connectivity index (χ0n) is 15.6. The van der Waals surface area contributed by atoms with Crippen molar-refractivity contribution in [2.45, 2.75) is 44.6 Å². The van der Waals surface area contributed by atoms with E-state index in [1.54, 1.807) is 31.3 Å². The first-order chi connectivity index (χ1) is 12.8. The predicted octanol–water partition coefficient (Wildman–Crippen LogP) is 2.18. The number of amides is 5. The Hall–Kier alpha value is -2.90. The molecule has 3 rings (SSSR count). The molecule has 1 saturated heterocycles. The van der Waals surface area contributed by atoms with Crippen LogP contribution in [0.3, 0.4) is 0 Å². The van der Waals surface area contributed by atoms with Crippen molar-refractivity contribution in [1.82, 2.24) is 9.80 Å². The molecule has 1 aromatic rings. The number of imide groups is 1. The van der Waals surface area contributed by atoms with Gasteiger partial charge in [-0.1, -0.05) is 19.3 Å². The molecule has 1 spiro atoms. The summed E-state index contributed by atoms with van der Waals surface area (Å²) in [6.07, 6.45) is 4.17. The number of likely N-dealkylation sites (N-methyl/N-ethyl adjacent to an activating group) is 1. The van der Waals surface area contributed by atoms with Gasteiger partial charge in [-0.2, -0.15) is 0 Å². The SMILES string of the molecule is CC(=O)Nc1ccc(NC(=O)CN2C(=O)N(C)C3(CCCCC3)C2=O)cc1. The van der Waals surface area contributed by atoms with Crippen molar-refractivity contribution in [3.63, 3.8) is 0 Å². The van der Waals surface area contributed by atoms with Gasteiger partial charge in [-0.15, -0.1) is 0 Å².